The van der Waals surface area contributed by atoms with Gasteiger partial charge in [-0.3, -0.25) is 19.9 Å². The summed E-state index contributed by atoms with van der Waals surface area (Å²) in [6, 6.07) is 12.1. The predicted octanol–water partition coefficient (Wildman–Crippen LogP) is 1.22. The summed E-state index contributed by atoms with van der Waals surface area (Å²) in [4.78, 5) is 51.1. The molecule has 2 aliphatic heterocycles. The molecule has 1 saturated heterocycles. The van der Waals surface area contributed by atoms with Gasteiger partial charge in [0.05, 0.1) is 31.0 Å². The summed E-state index contributed by atoms with van der Waals surface area (Å²) in [5, 5.41) is 21.9. The van der Waals surface area contributed by atoms with E-state index in [9.17, 15) is 24.3 Å². The number of aliphatic hydroxyl groups is 1. The van der Waals surface area contributed by atoms with Gasteiger partial charge < -0.3 is 35.3 Å². The number of benzene rings is 2. The quantitative estimate of drug-likeness (QED) is 0.0620. The van der Waals surface area contributed by atoms with Gasteiger partial charge in [-0.05, 0) is 55.9 Å². The van der Waals surface area contributed by atoms with Crippen LogP contribution in [-0.2, 0) is 19.1 Å². The summed E-state index contributed by atoms with van der Waals surface area (Å²) >= 11 is 5.16. The van der Waals surface area contributed by atoms with E-state index in [2.05, 4.69) is 26.5 Å². The summed E-state index contributed by atoms with van der Waals surface area (Å²) in [6.45, 7) is 3.36. The van der Waals surface area contributed by atoms with Crippen LogP contribution in [0.25, 0.3) is 0 Å². The Bertz CT molecular complexity index is 1480. The molecule has 3 atom stereocenters. The number of nitrogens with zero attached hydrogens (tertiary/aromatic N) is 2. The molecule has 1 fully saturated rings. The van der Waals surface area contributed by atoms with Crippen molar-refractivity contribution in [2.75, 3.05) is 25.2 Å². The first kappa shape index (κ1) is 30.9. The van der Waals surface area contributed by atoms with Gasteiger partial charge in [-0.15, -0.1) is 0 Å². The van der Waals surface area contributed by atoms with Crippen LogP contribution < -0.4 is 35.7 Å². The van der Waals surface area contributed by atoms with Gasteiger partial charge in [0.1, 0.15) is 6.61 Å². The maximum Gasteiger partial charge on any atom is 0.337 e. The molecule has 5 N–H and O–H groups in total. The number of ether oxygens (including phenoxy) is 3. The molecule has 4 amide bonds. The Labute approximate surface area is 252 Å². The Balaban J connectivity index is 1.41. The number of methoxy groups -OCH3 is 1. The minimum Gasteiger partial charge on any atom is -0.490 e. The number of nitrogens with one attached hydrogen (secondary N) is 4. The molecule has 0 unspecified atom stereocenters. The number of thiocarbonyl (C=S) groups is 1. The van der Waals surface area contributed by atoms with E-state index in [1.54, 1.807) is 62.4 Å². The van der Waals surface area contributed by atoms with Crippen molar-refractivity contribution in [3.05, 3.63) is 65.4 Å². The highest BCUT2D eigenvalue weighted by atomic mass is 32.1. The van der Waals surface area contributed by atoms with Crippen LogP contribution in [0, 0.1) is 5.92 Å². The normalized spacial score (nSPS) is 19.4. The van der Waals surface area contributed by atoms with E-state index < -0.39 is 42.0 Å². The minimum absolute atomic E-state index is 0.0430. The Morgan fingerprint density at radius 2 is 1.88 bits per heavy atom. The lowest BCUT2D eigenvalue weighted by Crippen LogP contribution is -2.58. The lowest BCUT2D eigenvalue weighted by Gasteiger charge is -2.30. The van der Waals surface area contributed by atoms with Gasteiger partial charge >= 0.3 is 12.0 Å². The van der Waals surface area contributed by atoms with Crippen LogP contribution in [0.1, 0.15) is 25.5 Å². The van der Waals surface area contributed by atoms with Crippen molar-refractivity contribution >= 4 is 53.0 Å². The van der Waals surface area contributed by atoms with E-state index in [1.807, 2.05) is 0 Å². The molecule has 0 saturated carbocycles. The monoisotopic (exact) mass is 610 g/mol. The van der Waals surface area contributed by atoms with Gasteiger partial charge in [0.2, 0.25) is 5.91 Å². The Morgan fingerprint density at radius 1 is 1.14 bits per heavy atom. The number of anilines is 1. The number of para-hydroxylation sites is 1. The number of rotatable bonds is 11. The van der Waals surface area contributed by atoms with E-state index >= 15 is 0 Å². The average molecular weight is 611 g/mol. The molecule has 2 aliphatic rings. The number of carbonyl (C=O) groups is 4. The van der Waals surface area contributed by atoms with E-state index in [0.29, 0.717) is 22.7 Å². The Kier molecular flexibility index (Phi) is 9.90. The summed E-state index contributed by atoms with van der Waals surface area (Å²) in [5.41, 5.74) is 4.03. The molecule has 2 heterocycles. The molecule has 14 nitrogen and oxygen atoms in total. The fraction of sp³-hybridized carbons (Fsp3) is 0.286. The zero-order valence-corrected chi connectivity index (χ0v) is 24.3. The van der Waals surface area contributed by atoms with Crippen LogP contribution in [0.2, 0.25) is 0 Å². The first-order valence-corrected chi connectivity index (χ1v) is 13.5. The van der Waals surface area contributed by atoms with Crippen LogP contribution in [-0.4, -0.2) is 66.8 Å². The topological polar surface area (TPSA) is 180 Å². The third-order valence-corrected chi connectivity index (χ3v) is 6.62. The van der Waals surface area contributed by atoms with Gasteiger partial charge in [-0.1, -0.05) is 24.3 Å². The zero-order chi connectivity index (χ0) is 31.1. The smallest absolute Gasteiger partial charge is 0.337 e. The number of amides is 4. The molecule has 0 aromatic heterocycles. The molecule has 0 spiro atoms. The number of urea groups is 1. The van der Waals surface area contributed by atoms with Crippen molar-refractivity contribution < 1.29 is 38.5 Å². The van der Waals surface area contributed by atoms with Crippen LogP contribution in [0.15, 0.2) is 64.9 Å². The lowest BCUT2D eigenvalue weighted by molar-refractivity contribution is -0.136. The minimum atomic E-state index is -1.33. The van der Waals surface area contributed by atoms with Crippen LogP contribution in [0.5, 0.6) is 11.5 Å². The van der Waals surface area contributed by atoms with E-state index in [1.165, 1.54) is 12.0 Å². The second-order valence-electron chi connectivity index (χ2n) is 9.22. The van der Waals surface area contributed by atoms with Crippen LogP contribution >= 0.6 is 12.2 Å². The number of carbonyl (C=O) groups excluding carboxylic acids is 4. The number of esters is 1. The Hall–Kier alpha value is -5.02. The van der Waals surface area contributed by atoms with E-state index in [0.717, 1.165) is 6.21 Å². The van der Waals surface area contributed by atoms with Gasteiger partial charge in [0, 0.05) is 11.9 Å². The van der Waals surface area contributed by atoms with Gasteiger partial charge in [-0.25, -0.2) is 9.59 Å². The first-order valence-electron chi connectivity index (χ1n) is 13.1. The molecule has 226 valence electrons. The summed E-state index contributed by atoms with van der Waals surface area (Å²) < 4.78 is 16.3. The van der Waals surface area contributed by atoms with E-state index in [4.69, 9.17) is 26.4 Å². The number of aliphatic hydroxyl groups excluding tert-OH is 1. The number of allylic oxidation sites excluding steroid dienone is 1. The highest BCUT2D eigenvalue weighted by Crippen LogP contribution is 2.35. The molecular formula is C28H30N6O8S. The summed E-state index contributed by atoms with van der Waals surface area (Å²) in [5.74, 6) is -2.57. The largest absolute Gasteiger partial charge is 0.490 e. The van der Waals surface area contributed by atoms with Gasteiger partial charge in [-0.2, -0.15) is 5.10 Å². The maximum atomic E-state index is 13.0. The molecule has 4 rings (SSSR count). The molecule has 43 heavy (non-hydrogen) atoms. The summed E-state index contributed by atoms with van der Waals surface area (Å²) in [6.07, 6.45) is -0.264. The number of hydrogen-bond donors (Lipinski definition) is 5. The Morgan fingerprint density at radius 3 is 2.58 bits per heavy atom. The number of hydrazone groups is 1. The molecule has 2 aromatic rings. The van der Waals surface area contributed by atoms with Crippen molar-refractivity contribution in [1.82, 2.24) is 21.4 Å². The van der Waals surface area contributed by atoms with Gasteiger partial charge in [0.25, 0.3) is 5.91 Å². The third kappa shape index (κ3) is 7.07. The van der Waals surface area contributed by atoms with Crippen LogP contribution in [0.4, 0.5) is 10.5 Å². The second kappa shape index (κ2) is 13.8. The lowest BCUT2D eigenvalue weighted by atomic mass is 9.95. The molecule has 0 aliphatic carbocycles. The zero-order valence-electron chi connectivity index (χ0n) is 23.5. The molecule has 15 heteroatoms. The van der Waals surface area contributed by atoms with Crippen LogP contribution in [0.3, 0.4) is 0 Å². The maximum absolute atomic E-state index is 13.0. The van der Waals surface area contributed by atoms with Crippen molar-refractivity contribution in [1.29, 1.82) is 0 Å². The highest BCUT2D eigenvalue weighted by Gasteiger charge is 2.38. The van der Waals surface area contributed by atoms with E-state index in [-0.39, 0.29) is 29.6 Å². The fourth-order valence-electron chi connectivity index (χ4n) is 4.37. The van der Waals surface area contributed by atoms with Crippen molar-refractivity contribution in [3.8, 4) is 11.5 Å². The molecule has 0 bridgehead atoms. The number of hydrogen-bond acceptors (Lipinski definition) is 11. The first-order chi connectivity index (χ1) is 20.6. The molecule has 2 aromatic carbocycles. The molecule has 0 radical (unpaired) electrons. The summed E-state index contributed by atoms with van der Waals surface area (Å²) in [7, 11) is 1.25. The fourth-order valence-corrected chi connectivity index (χ4v) is 4.67. The standard InChI is InChI=1S/C28H30N6O8S/c1-4-41-20-12-16(23-22(26(38)40-3)15(2)30-27(39)31-23)10-11-19(20)42-14-21(35)33-29-13-18-24(36)32-28(43)34(25(18)37)17-8-6-5-7-9-17/h5-13,18,21,23,33,35H,4,14H2,1-3H3,(H2,30,31,39)(H,32,36,43)/b29-13-/t18-,21+,23+/m1/s1. The van der Waals surface area contributed by atoms with Crippen molar-refractivity contribution in [3.63, 3.8) is 0 Å². The van der Waals surface area contributed by atoms with Crippen molar-refractivity contribution in [2.24, 2.45) is 11.0 Å². The molecular weight excluding hydrogens is 580 g/mol. The second-order valence-corrected chi connectivity index (χ2v) is 9.60. The highest BCUT2D eigenvalue weighted by molar-refractivity contribution is 7.80. The average Bonchev–Trinajstić information content (AvgIpc) is 2.98. The third-order valence-electron chi connectivity index (χ3n) is 6.34. The SMILES string of the molecule is CCOc1cc([C@@H]2NC(=O)NC(C)=C2C(=O)OC)ccc1OC[C@H](O)N/N=C\[C@@H]1C(=O)NC(=S)N(c2ccccc2)C1=O. The predicted molar refractivity (Wildman–Crippen MR) is 158 cm³/mol. The van der Waals surface area contributed by atoms with Gasteiger partial charge in [0.15, 0.2) is 28.8 Å². The van der Waals surface area contributed by atoms with Crippen molar-refractivity contribution in [2.45, 2.75) is 26.1 Å².